The first-order valence-corrected chi connectivity index (χ1v) is 12.4. The van der Waals surface area contributed by atoms with Crippen molar-refractivity contribution in [3.05, 3.63) is 47.5 Å². The van der Waals surface area contributed by atoms with E-state index in [-0.39, 0.29) is 29.6 Å². The van der Waals surface area contributed by atoms with Crippen LogP contribution in [-0.4, -0.2) is 47.0 Å². The molecule has 1 saturated heterocycles. The Bertz CT molecular complexity index is 798. The predicted octanol–water partition coefficient (Wildman–Crippen LogP) is 5.79. The molecule has 2 aliphatic carbocycles. The van der Waals surface area contributed by atoms with Crippen LogP contribution in [0.25, 0.3) is 0 Å². The lowest BCUT2D eigenvalue weighted by Gasteiger charge is -2.44. The van der Waals surface area contributed by atoms with Gasteiger partial charge in [-0.3, -0.25) is 0 Å². The molecule has 3 aliphatic rings. The molecule has 4 nitrogen and oxygen atoms in total. The topological polar surface area (TPSA) is 35.6 Å². The molecule has 2 atom stereocenters. The van der Waals surface area contributed by atoms with Crippen molar-refractivity contribution in [2.45, 2.75) is 102 Å². The maximum Gasteiger partial charge on any atom is 0.318 e. The lowest BCUT2D eigenvalue weighted by Crippen LogP contribution is -2.49. The fraction of sp³-hybridized carbons (Fsp3) is 0.667. The molecule has 1 heterocycles. The van der Waals surface area contributed by atoms with Crippen LogP contribution in [0.5, 0.6) is 0 Å². The first-order chi connectivity index (χ1) is 14.8. The van der Waals surface area contributed by atoms with Gasteiger partial charge in [-0.15, -0.1) is 0 Å². The third-order valence-corrected chi connectivity index (χ3v) is 8.01. The zero-order valence-corrected chi connectivity index (χ0v) is 20.0. The molecule has 2 fully saturated rings. The average Bonchev–Trinajstić information content (AvgIpc) is 3.01. The molecule has 1 saturated carbocycles. The lowest BCUT2D eigenvalue weighted by molar-refractivity contribution is 0.0981. The lowest BCUT2D eigenvalue weighted by atomic mass is 9.73. The van der Waals surface area contributed by atoms with Gasteiger partial charge >= 0.3 is 6.03 Å². The standard InChI is InChI=1S/C27H41N3O/c1-19(2)30(20(3)4)26(31)28-25-18-27(24-12-7-6-11-23(24)25)13-15-29(16-14-27)22-10-8-9-21(5)17-22/h6-7,11-12,19-20,22,25H,5,8-10,13-18H2,1-4H3,(H,28,31)/t22?,25-/m0/s1. The molecular formula is C27H41N3O. The largest absolute Gasteiger partial charge is 0.331 e. The fourth-order valence-corrected chi connectivity index (χ4v) is 6.54. The summed E-state index contributed by atoms with van der Waals surface area (Å²) in [5.74, 6) is 0. The van der Waals surface area contributed by atoms with Crippen molar-refractivity contribution in [3.8, 4) is 0 Å². The van der Waals surface area contributed by atoms with Gasteiger partial charge in [0.15, 0.2) is 0 Å². The molecular weight excluding hydrogens is 382 g/mol. The molecule has 2 amide bonds. The summed E-state index contributed by atoms with van der Waals surface area (Å²) in [6.07, 6.45) is 8.43. The highest BCUT2D eigenvalue weighted by Gasteiger charge is 2.46. The number of hydrogen-bond acceptors (Lipinski definition) is 2. The van der Waals surface area contributed by atoms with Gasteiger partial charge in [-0.1, -0.05) is 36.4 Å². The Morgan fingerprint density at radius 3 is 2.48 bits per heavy atom. The van der Waals surface area contributed by atoms with Crippen LogP contribution in [0.4, 0.5) is 4.79 Å². The van der Waals surface area contributed by atoms with E-state index in [2.05, 4.69) is 68.8 Å². The number of fused-ring (bicyclic) bond motifs is 2. The van der Waals surface area contributed by atoms with Crippen LogP contribution < -0.4 is 5.32 Å². The number of carbonyl (C=O) groups excluding carboxylic acids is 1. The highest BCUT2D eigenvalue weighted by Crippen LogP contribution is 2.51. The van der Waals surface area contributed by atoms with Crippen molar-refractivity contribution < 1.29 is 4.79 Å². The second kappa shape index (κ2) is 8.97. The summed E-state index contributed by atoms with van der Waals surface area (Å²) in [6.45, 7) is 15.0. The summed E-state index contributed by atoms with van der Waals surface area (Å²) in [4.78, 5) is 17.8. The van der Waals surface area contributed by atoms with Crippen molar-refractivity contribution in [3.63, 3.8) is 0 Å². The normalized spacial score (nSPS) is 25.8. The predicted molar refractivity (Wildman–Crippen MR) is 128 cm³/mol. The van der Waals surface area contributed by atoms with E-state index < -0.39 is 0 Å². The Balaban J connectivity index is 1.48. The Morgan fingerprint density at radius 1 is 1.16 bits per heavy atom. The molecule has 1 aromatic rings. The van der Waals surface area contributed by atoms with Crippen LogP contribution >= 0.6 is 0 Å². The minimum atomic E-state index is 0.0695. The molecule has 0 aromatic heterocycles. The molecule has 170 valence electrons. The van der Waals surface area contributed by atoms with Gasteiger partial charge in [0.05, 0.1) is 6.04 Å². The maximum absolute atomic E-state index is 13.2. The monoisotopic (exact) mass is 423 g/mol. The summed E-state index contributed by atoms with van der Waals surface area (Å²) in [5.41, 5.74) is 4.46. The van der Waals surface area contributed by atoms with Gasteiger partial charge in [0, 0.05) is 23.5 Å². The summed E-state index contributed by atoms with van der Waals surface area (Å²) < 4.78 is 0. The van der Waals surface area contributed by atoms with Crippen molar-refractivity contribution in [2.75, 3.05) is 13.1 Å². The maximum atomic E-state index is 13.2. The van der Waals surface area contributed by atoms with Gasteiger partial charge in [0.2, 0.25) is 0 Å². The first kappa shape index (κ1) is 22.4. The van der Waals surface area contributed by atoms with E-state index in [4.69, 9.17) is 0 Å². The number of rotatable bonds is 4. The molecule has 1 aromatic carbocycles. The number of amides is 2. The summed E-state index contributed by atoms with van der Waals surface area (Å²) in [6, 6.07) is 10.1. The molecule has 4 heteroatoms. The second-order valence-electron chi connectivity index (χ2n) is 10.7. The van der Waals surface area contributed by atoms with E-state index >= 15 is 0 Å². The number of likely N-dealkylation sites (tertiary alicyclic amines) is 1. The zero-order valence-electron chi connectivity index (χ0n) is 20.0. The molecule has 1 N–H and O–H groups in total. The van der Waals surface area contributed by atoms with Crippen LogP contribution in [0.2, 0.25) is 0 Å². The average molecular weight is 424 g/mol. The molecule has 1 aliphatic heterocycles. The Labute approximate surface area is 189 Å². The molecule has 0 radical (unpaired) electrons. The van der Waals surface area contributed by atoms with Crippen molar-refractivity contribution in [2.24, 2.45) is 0 Å². The minimum Gasteiger partial charge on any atom is -0.331 e. The van der Waals surface area contributed by atoms with E-state index in [1.165, 1.54) is 55.2 Å². The fourth-order valence-electron chi connectivity index (χ4n) is 6.54. The van der Waals surface area contributed by atoms with Gasteiger partial charge in [0.25, 0.3) is 0 Å². The van der Waals surface area contributed by atoms with E-state index in [1.54, 1.807) is 0 Å². The van der Waals surface area contributed by atoms with Crippen molar-refractivity contribution in [1.82, 2.24) is 15.1 Å². The number of urea groups is 1. The quantitative estimate of drug-likeness (QED) is 0.622. The molecule has 0 bridgehead atoms. The highest BCUT2D eigenvalue weighted by atomic mass is 16.2. The Morgan fingerprint density at radius 2 is 1.84 bits per heavy atom. The minimum absolute atomic E-state index is 0.0695. The molecule has 31 heavy (non-hydrogen) atoms. The van der Waals surface area contributed by atoms with E-state index in [1.807, 2.05) is 4.90 Å². The molecule has 4 rings (SSSR count). The molecule has 1 spiro atoms. The Kier molecular flexibility index (Phi) is 6.48. The van der Waals surface area contributed by atoms with Gasteiger partial charge in [-0.2, -0.15) is 0 Å². The van der Waals surface area contributed by atoms with E-state index in [9.17, 15) is 4.79 Å². The van der Waals surface area contributed by atoms with Crippen LogP contribution in [0, 0.1) is 0 Å². The van der Waals surface area contributed by atoms with Gasteiger partial charge < -0.3 is 15.1 Å². The van der Waals surface area contributed by atoms with Gasteiger partial charge in [-0.05, 0) is 96.9 Å². The number of nitrogens with zero attached hydrogens (tertiary/aromatic N) is 2. The third kappa shape index (κ3) is 4.41. The molecule has 1 unspecified atom stereocenters. The number of piperidine rings is 1. The first-order valence-electron chi connectivity index (χ1n) is 12.4. The smallest absolute Gasteiger partial charge is 0.318 e. The van der Waals surface area contributed by atoms with Crippen LogP contribution in [-0.2, 0) is 5.41 Å². The van der Waals surface area contributed by atoms with Gasteiger partial charge in [-0.25, -0.2) is 4.79 Å². The third-order valence-electron chi connectivity index (χ3n) is 8.01. The number of nitrogens with one attached hydrogen (secondary N) is 1. The van der Waals surface area contributed by atoms with Crippen molar-refractivity contribution in [1.29, 1.82) is 0 Å². The highest BCUT2D eigenvalue weighted by molar-refractivity contribution is 5.75. The van der Waals surface area contributed by atoms with Crippen LogP contribution in [0.1, 0.15) is 89.8 Å². The van der Waals surface area contributed by atoms with E-state index in [0.717, 1.165) is 19.5 Å². The number of carbonyl (C=O) groups is 1. The van der Waals surface area contributed by atoms with E-state index in [0.29, 0.717) is 6.04 Å². The Hall–Kier alpha value is -1.81. The second-order valence-corrected chi connectivity index (χ2v) is 10.7. The SMILES string of the molecule is C=C1CCCC(N2CCC3(CC2)C[C@H](NC(=O)N(C(C)C)C(C)C)c2ccccc23)C1. The summed E-state index contributed by atoms with van der Waals surface area (Å²) in [7, 11) is 0. The van der Waals surface area contributed by atoms with Crippen LogP contribution in [0.15, 0.2) is 36.4 Å². The summed E-state index contributed by atoms with van der Waals surface area (Å²) in [5, 5.41) is 3.41. The number of benzene rings is 1. The van der Waals surface area contributed by atoms with Gasteiger partial charge in [0.1, 0.15) is 0 Å². The van der Waals surface area contributed by atoms with Crippen LogP contribution in [0.3, 0.4) is 0 Å². The zero-order chi connectivity index (χ0) is 22.2. The summed E-state index contributed by atoms with van der Waals surface area (Å²) >= 11 is 0. The van der Waals surface area contributed by atoms with Crippen molar-refractivity contribution >= 4 is 6.03 Å². The number of hydrogen-bond donors (Lipinski definition) is 1.